The average Bonchev–Trinajstić information content (AvgIpc) is 3.33. The number of rotatable bonds is 13. The first-order valence-electron chi connectivity index (χ1n) is 12.5. The molecule has 3 fully saturated rings. The molecule has 0 saturated carbocycles. The number of nitrogens with one attached hydrogen (secondary N) is 2. The Balaban J connectivity index is 1.86. The molecule has 3 heterocycles. The monoisotopic (exact) mass is 467 g/mol. The Hall–Kier alpha value is -1.28. The van der Waals surface area contributed by atoms with Crippen LogP contribution in [-0.2, 0) is 14.4 Å². The Morgan fingerprint density at radius 3 is 2.44 bits per heavy atom. The van der Waals surface area contributed by atoms with Crippen molar-refractivity contribution in [2.24, 2.45) is 11.8 Å². The molecule has 1 spiro atoms. The largest absolute Gasteiger partial charge is 0.396 e. The number of hydrogen-bond donors (Lipinski definition) is 3. The van der Waals surface area contributed by atoms with E-state index in [9.17, 15) is 14.4 Å². The zero-order chi connectivity index (χ0) is 23.4. The molecule has 3 aliphatic rings. The van der Waals surface area contributed by atoms with Crippen LogP contribution in [0.3, 0.4) is 0 Å². The lowest BCUT2D eigenvalue weighted by Gasteiger charge is -2.34. The number of amides is 3. The third kappa shape index (κ3) is 4.54. The summed E-state index contributed by atoms with van der Waals surface area (Å²) in [5.41, 5.74) is 0. The maximum absolute atomic E-state index is 13.8. The number of carbonyl (C=O) groups excluding carboxylic acids is 3. The van der Waals surface area contributed by atoms with E-state index in [1.165, 1.54) is 0 Å². The van der Waals surface area contributed by atoms with E-state index >= 15 is 0 Å². The van der Waals surface area contributed by atoms with Crippen molar-refractivity contribution >= 4 is 29.5 Å². The first-order chi connectivity index (χ1) is 15.4. The molecule has 8 heteroatoms. The Morgan fingerprint density at radius 2 is 1.75 bits per heavy atom. The molecule has 3 rings (SSSR count). The van der Waals surface area contributed by atoms with Crippen molar-refractivity contribution in [3.63, 3.8) is 0 Å². The lowest BCUT2D eigenvalue weighted by molar-refractivity contribution is -0.140. The maximum atomic E-state index is 13.8. The number of thioether (sulfide) groups is 1. The number of carbonyl (C=O) groups is 3. The standard InChI is InChI=1S/C24H41N3O4S/c1-4-6-14-26-21(30)19-24-12-11-23(3,32-24)17(20(29)25-13-5-2)18(24)22(31)27(19)15-9-7-8-10-16-28/h17-19,28H,4-16H2,1-3H3,(H,25,29)(H,26,30)/t17-,18-,19?,23+,24?/m0/s1. The van der Waals surface area contributed by atoms with Gasteiger partial charge >= 0.3 is 0 Å². The van der Waals surface area contributed by atoms with E-state index in [0.717, 1.165) is 57.8 Å². The second kappa shape index (κ2) is 10.8. The van der Waals surface area contributed by atoms with Gasteiger partial charge < -0.3 is 20.6 Å². The molecule has 0 aromatic heterocycles. The van der Waals surface area contributed by atoms with Crippen molar-refractivity contribution in [3.05, 3.63) is 0 Å². The van der Waals surface area contributed by atoms with Crippen LogP contribution in [0.5, 0.6) is 0 Å². The summed E-state index contributed by atoms with van der Waals surface area (Å²) in [6.07, 6.45) is 7.82. The Bertz CT molecular complexity index is 705. The van der Waals surface area contributed by atoms with Crippen LogP contribution in [0, 0.1) is 11.8 Å². The molecule has 0 radical (unpaired) electrons. The van der Waals surface area contributed by atoms with Gasteiger partial charge in [-0.05, 0) is 45.4 Å². The predicted molar refractivity (Wildman–Crippen MR) is 127 cm³/mol. The molecule has 3 amide bonds. The third-order valence-corrected chi connectivity index (χ3v) is 9.48. The second-order valence-corrected chi connectivity index (χ2v) is 11.7. The summed E-state index contributed by atoms with van der Waals surface area (Å²) >= 11 is 1.74. The number of aliphatic hydroxyl groups excluding tert-OH is 1. The van der Waals surface area contributed by atoms with Gasteiger partial charge in [-0.15, -0.1) is 11.8 Å². The minimum Gasteiger partial charge on any atom is -0.396 e. The van der Waals surface area contributed by atoms with Crippen LogP contribution in [0.1, 0.15) is 78.6 Å². The Kier molecular flexibility index (Phi) is 8.53. The number of nitrogens with zero attached hydrogens (tertiary/aromatic N) is 1. The van der Waals surface area contributed by atoms with Gasteiger partial charge in [-0.3, -0.25) is 14.4 Å². The van der Waals surface area contributed by atoms with Crippen molar-refractivity contribution in [3.8, 4) is 0 Å². The summed E-state index contributed by atoms with van der Waals surface area (Å²) in [5, 5.41) is 15.1. The molecule has 0 aromatic carbocycles. The normalized spacial score (nSPS) is 32.9. The molecular formula is C24H41N3O4S. The minimum absolute atomic E-state index is 0.0182. The van der Waals surface area contributed by atoms with Crippen LogP contribution >= 0.6 is 11.8 Å². The predicted octanol–water partition coefficient (Wildman–Crippen LogP) is 2.46. The minimum atomic E-state index is -0.512. The van der Waals surface area contributed by atoms with Crippen molar-refractivity contribution in [1.82, 2.24) is 15.5 Å². The summed E-state index contributed by atoms with van der Waals surface area (Å²) < 4.78 is -0.811. The van der Waals surface area contributed by atoms with Gasteiger partial charge in [0.15, 0.2) is 0 Å². The highest BCUT2D eigenvalue weighted by molar-refractivity contribution is 8.02. The highest BCUT2D eigenvalue weighted by Crippen LogP contribution is 2.71. The number of fused-ring (bicyclic) bond motifs is 1. The topological polar surface area (TPSA) is 98.7 Å². The van der Waals surface area contributed by atoms with Gasteiger partial charge in [0, 0.05) is 31.0 Å². The molecule has 32 heavy (non-hydrogen) atoms. The number of hydrogen-bond acceptors (Lipinski definition) is 5. The van der Waals surface area contributed by atoms with E-state index in [1.807, 2.05) is 6.92 Å². The lowest BCUT2D eigenvalue weighted by atomic mass is 9.66. The molecule has 2 bridgehead atoms. The quantitative estimate of drug-likeness (QED) is 0.362. The van der Waals surface area contributed by atoms with Crippen molar-refractivity contribution in [2.45, 2.75) is 94.1 Å². The van der Waals surface area contributed by atoms with Crippen LogP contribution in [0.15, 0.2) is 0 Å². The van der Waals surface area contributed by atoms with Crippen LogP contribution in [-0.4, -0.2) is 69.5 Å². The van der Waals surface area contributed by atoms with Gasteiger partial charge in [0.2, 0.25) is 17.7 Å². The van der Waals surface area contributed by atoms with Crippen LogP contribution in [0.25, 0.3) is 0 Å². The molecule has 0 aromatic rings. The van der Waals surface area contributed by atoms with Crippen molar-refractivity contribution < 1.29 is 19.5 Å². The summed E-state index contributed by atoms with van der Waals surface area (Å²) in [5.74, 6) is -0.920. The Labute approximate surface area is 196 Å². The molecule has 3 aliphatic heterocycles. The number of aliphatic hydroxyl groups is 1. The first-order valence-corrected chi connectivity index (χ1v) is 13.3. The molecule has 2 unspecified atom stereocenters. The van der Waals surface area contributed by atoms with Gasteiger partial charge in [0.05, 0.1) is 16.6 Å². The third-order valence-electron chi connectivity index (χ3n) is 7.49. The molecule has 3 N–H and O–H groups in total. The number of unbranched alkanes of at least 4 members (excludes halogenated alkanes) is 4. The summed E-state index contributed by atoms with van der Waals surface area (Å²) in [6.45, 7) is 8.17. The molecular weight excluding hydrogens is 426 g/mol. The van der Waals surface area contributed by atoms with Gasteiger partial charge in [-0.25, -0.2) is 0 Å². The molecule has 7 nitrogen and oxygen atoms in total. The van der Waals surface area contributed by atoms with Crippen LogP contribution < -0.4 is 10.6 Å². The van der Waals surface area contributed by atoms with E-state index in [4.69, 9.17) is 5.11 Å². The first kappa shape index (κ1) is 25.3. The summed E-state index contributed by atoms with van der Waals surface area (Å²) in [7, 11) is 0. The number of likely N-dealkylation sites (tertiary alicyclic amines) is 1. The fraction of sp³-hybridized carbons (Fsp3) is 0.875. The van der Waals surface area contributed by atoms with E-state index < -0.39 is 16.7 Å². The fourth-order valence-corrected chi connectivity index (χ4v) is 8.31. The second-order valence-electron chi connectivity index (χ2n) is 9.83. The van der Waals surface area contributed by atoms with E-state index in [0.29, 0.717) is 19.6 Å². The van der Waals surface area contributed by atoms with E-state index in [2.05, 4.69) is 24.5 Å². The van der Waals surface area contributed by atoms with Gasteiger partial charge in [-0.2, -0.15) is 0 Å². The molecule has 182 valence electrons. The molecule has 3 saturated heterocycles. The maximum Gasteiger partial charge on any atom is 0.244 e. The summed E-state index contributed by atoms with van der Waals surface area (Å²) in [4.78, 5) is 42.2. The van der Waals surface area contributed by atoms with Gasteiger partial charge in [-0.1, -0.05) is 33.1 Å². The van der Waals surface area contributed by atoms with Gasteiger partial charge in [0.25, 0.3) is 0 Å². The van der Waals surface area contributed by atoms with E-state index in [-0.39, 0.29) is 35.0 Å². The van der Waals surface area contributed by atoms with E-state index in [1.54, 1.807) is 16.7 Å². The van der Waals surface area contributed by atoms with Crippen molar-refractivity contribution in [1.29, 1.82) is 0 Å². The zero-order valence-corrected chi connectivity index (χ0v) is 20.8. The van der Waals surface area contributed by atoms with Crippen LogP contribution in [0.4, 0.5) is 0 Å². The highest BCUT2D eigenvalue weighted by Gasteiger charge is 2.76. The SMILES string of the molecule is CCCCNC(=O)C1N(CCCCCCO)C(=O)[C@@H]2[C@@H](C(=O)NCCC)[C@@]3(C)CCC12S3. The van der Waals surface area contributed by atoms with Crippen molar-refractivity contribution in [2.75, 3.05) is 26.2 Å². The molecule has 5 atom stereocenters. The summed E-state index contributed by atoms with van der Waals surface area (Å²) in [6, 6.07) is -0.509. The highest BCUT2D eigenvalue weighted by atomic mass is 32.2. The van der Waals surface area contributed by atoms with Gasteiger partial charge in [0.1, 0.15) is 6.04 Å². The lowest BCUT2D eigenvalue weighted by Crippen LogP contribution is -2.54. The smallest absolute Gasteiger partial charge is 0.244 e. The van der Waals surface area contributed by atoms with Crippen LogP contribution in [0.2, 0.25) is 0 Å². The fourth-order valence-electron chi connectivity index (χ4n) is 5.96. The average molecular weight is 468 g/mol. The Morgan fingerprint density at radius 1 is 1.03 bits per heavy atom. The molecule has 0 aliphatic carbocycles. The zero-order valence-electron chi connectivity index (χ0n) is 20.0.